The van der Waals surface area contributed by atoms with Crippen molar-refractivity contribution >= 4 is 17.4 Å². The molecule has 0 saturated heterocycles. The average Bonchev–Trinajstić information content (AvgIpc) is 2.37. The van der Waals surface area contributed by atoms with Crippen LogP contribution >= 0.6 is 11.6 Å². The quantitative estimate of drug-likeness (QED) is 0.890. The lowest BCUT2D eigenvalue weighted by Gasteiger charge is -2.20. The zero-order chi connectivity index (χ0) is 13.0. The summed E-state index contributed by atoms with van der Waals surface area (Å²) >= 11 is 6.04. The van der Waals surface area contributed by atoms with E-state index in [4.69, 9.17) is 17.3 Å². The number of benzene rings is 1. The number of nitrogens with zero attached hydrogens (tertiary/aromatic N) is 1. The summed E-state index contributed by atoms with van der Waals surface area (Å²) in [5.41, 5.74) is 8.00. The second kappa shape index (κ2) is 5.85. The van der Waals surface area contributed by atoms with Gasteiger partial charge in [0.25, 0.3) is 0 Å². The summed E-state index contributed by atoms with van der Waals surface area (Å²) in [4.78, 5) is 4.13. The van der Waals surface area contributed by atoms with Gasteiger partial charge in [-0.1, -0.05) is 36.7 Å². The van der Waals surface area contributed by atoms with Crippen LogP contribution in [0.2, 0.25) is 5.02 Å². The fourth-order valence-electron chi connectivity index (χ4n) is 1.97. The lowest BCUT2D eigenvalue weighted by atomic mass is 9.99. The Morgan fingerprint density at radius 2 is 2.17 bits per heavy atom. The van der Waals surface area contributed by atoms with Crippen molar-refractivity contribution in [2.45, 2.75) is 13.0 Å². The summed E-state index contributed by atoms with van der Waals surface area (Å²) in [6, 6.07) is 11.7. The molecule has 2 rings (SSSR count). The first kappa shape index (κ1) is 12.9. The zero-order valence-electron chi connectivity index (χ0n) is 10.2. The molecule has 0 bridgehead atoms. The molecule has 0 amide bonds. The van der Waals surface area contributed by atoms with Gasteiger partial charge in [-0.3, -0.25) is 0 Å². The molecule has 0 aliphatic rings. The SMILES string of the molecule is CCNC(c1cccc(Cl)c1)c1cccnc1N. The minimum Gasteiger partial charge on any atom is -0.383 e. The number of rotatable bonds is 4. The number of hydrogen-bond acceptors (Lipinski definition) is 3. The third-order valence-corrected chi connectivity index (χ3v) is 3.01. The van der Waals surface area contributed by atoms with E-state index in [1.54, 1.807) is 6.20 Å². The van der Waals surface area contributed by atoms with Crippen LogP contribution in [0.4, 0.5) is 5.82 Å². The third kappa shape index (κ3) is 2.81. The molecule has 94 valence electrons. The van der Waals surface area contributed by atoms with Gasteiger partial charge < -0.3 is 11.1 Å². The van der Waals surface area contributed by atoms with Gasteiger partial charge in [0.15, 0.2) is 0 Å². The van der Waals surface area contributed by atoms with Crippen molar-refractivity contribution < 1.29 is 0 Å². The molecular weight excluding hydrogens is 246 g/mol. The molecule has 0 radical (unpaired) electrons. The van der Waals surface area contributed by atoms with Gasteiger partial charge in [0.2, 0.25) is 0 Å². The second-order valence-electron chi connectivity index (χ2n) is 4.02. The lowest BCUT2D eigenvalue weighted by molar-refractivity contribution is 0.630. The standard InChI is InChI=1S/C14H16ClN3/c1-2-17-13(10-5-3-6-11(15)9-10)12-7-4-8-18-14(12)16/h3-9,13,17H,2H2,1H3,(H2,16,18). The number of nitrogens with one attached hydrogen (secondary N) is 1. The average molecular weight is 262 g/mol. The van der Waals surface area contributed by atoms with Crippen LogP contribution in [-0.2, 0) is 0 Å². The van der Waals surface area contributed by atoms with Crippen molar-refractivity contribution in [3.8, 4) is 0 Å². The predicted octanol–water partition coefficient (Wildman–Crippen LogP) is 3.02. The fourth-order valence-corrected chi connectivity index (χ4v) is 2.17. The first-order valence-electron chi connectivity index (χ1n) is 5.91. The van der Waals surface area contributed by atoms with Crippen molar-refractivity contribution in [3.63, 3.8) is 0 Å². The Kier molecular flexibility index (Phi) is 4.18. The van der Waals surface area contributed by atoms with Gasteiger partial charge in [-0.05, 0) is 30.3 Å². The van der Waals surface area contributed by atoms with Crippen molar-refractivity contribution in [1.29, 1.82) is 0 Å². The maximum Gasteiger partial charge on any atom is 0.128 e. The lowest BCUT2D eigenvalue weighted by Crippen LogP contribution is -2.23. The van der Waals surface area contributed by atoms with Gasteiger partial charge in [-0.25, -0.2) is 4.98 Å². The van der Waals surface area contributed by atoms with E-state index in [0.717, 1.165) is 22.7 Å². The van der Waals surface area contributed by atoms with Crippen LogP contribution in [0, 0.1) is 0 Å². The monoisotopic (exact) mass is 261 g/mol. The van der Waals surface area contributed by atoms with Crippen LogP contribution in [-0.4, -0.2) is 11.5 Å². The van der Waals surface area contributed by atoms with Crippen molar-refractivity contribution in [1.82, 2.24) is 10.3 Å². The Balaban J connectivity index is 2.43. The fraction of sp³-hybridized carbons (Fsp3) is 0.214. The molecule has 1 aromatic heterocycles. The van der Waals surface area contributed by atoms with E-state index in [1.165, 1.54) is 0 Å². The van der Waals surface area contributed by atoms with E-state index in [2.05, 4.69) is 17.2 Å². The summed E-state index contributed by atoms with van der Waals surface area (Å²) in [5.74, 6) is 0.545. The number of halogens is 1. The van der Waals surface area contributed by atoms with Crippen molar-refractivity contribution in [2.24, 2.45) is 0 Å². The highest BCUT2D eigenvalue weighted by molar-refractivity contribution is 6.30. The normalized spacial score (nSPS) is 12.3. The molecule has 0 spiro atoms. The summed E-state index contributed by atoms with van der Waals surface area (Å²) in [6.45, 7) is 2.90. The Labute approximate surface area is 112 Å². The summed E-state index contributed by atoms with van der Waals surface area (Å²) in [7, 11) is 0. The smallest absolute Gasteiger partial charge is 0.128 e. The van der Waals surface area contributed by atoms with E-state index in [0.29, 0.717) is 5.82 Å². The minimum atomic E-state index is 0.0161. The van der Waals surface area contributed by atoms with Gasteiger partial charge in [0.1, 0.15) is 5.82 Å². The highest BCUT2D eigenvalue weighted by Crippen LogP contribution is 2.26. The van der Waals surface area contributed by atoms with Crippen LogP contribution in [0.15, 0.2) is 42.6 Å². The molecule has 4 heteroatoms. The Morgan fingerprint density at radius 3 is 2.83 bits per heavy atom. The molecule has 3 N–H and O–H groups in total. The molecule has 0 aliphatic carbocycles. The highest BCUT2D eigenvalue weighted by Gasteiger charge is 2.16. The molecular formula is C14H16ClN3. The van der Waals surface area contributed by atoms with E-state index in [1.807, 2.05) is 36.4 Å². The van der Waals surface area contributed by atoms with Gasteiger partial charge in [0.05, 0.1) is 6.04 Å². The molecule has 0 saturated carbocycles. The molecule has 1 aromatic carbocycles. The van der Waals surface area contributed by atoms with Crippen LogP contribution in [0.1, 0.15) is 24.1 Å². The van der Waals surface area contributed by atoms with E-state index < -0.39 is 0 Å². The molecule has 0 fully saturated rings. The maximum atomic E-state index is 6.04. The van der Waals surface area contributed by atoms with Crippen molar-refractivity contribution in [2.75, 3.05) is 12.3 Å². The third-order valence-electron chi connectivity index (χ3n) is 2.77. The molecule has 18 heavy (non-hydrogen) atoms. The van der Waals surface area contributed by atoms with E-state index in [9.17, 15) is 0 Å². The van der Waals surface area contributed by atoms with Gasteiger partial charge in [-0.15, -0.1) is 0 Å². The maximum absolute atomic E-state index is 6.04. The first-order chi connectivity index (χ1) is 8.72. The van der Waals surface area contributed by atoms with Crippen molar-refractivity contribution in [3.05, 3.63) is 58.7 Å². The van der Waals surface area contributed by atoms with Crippen LogP contribution in [0.25, 0.3) is 0 Å². The number of hydrogen-bond donors (Lipinski definition) is 2. The van der Waals surface area contributed by atoms with E-state index in [-0.39, 0.29) is 6.04 Å². The molecule has 0 aliphatic heterocycles. The predicted molar refractivity (Wildman–Crippen MR) is 75.6 cm³/mol. The minimum absolute atomic E-state index is 0.0161. The van der Waals surface area contributed by atoms with E-state index >= 15 is 0 Å². The summed E-state index contributed by atoms with van der Waals surface area (Å²) < 4.78 is 0. The Hall–Kier alpha value is -1.58. The Bertz CT molecular complexity index is 528. The summed E-state index contributed by atoms with van der Waals surface area (Å²) in [5, 5.41) is 4.12. The molecule has 2 aromatic rings. The number of pyridine rings is 1. The number of nitrogen functional groups attached to an aromatic ring is 1. The van der Waals surface area contributed by atoms with Gasteiger partial charge in [-0.2, -0.15) is 0 Å². The first-order valence-corrected chi connectivity index (χ1v) is 6.29. The van der Waals surface area contributed by atoms with Gasteiger partial charge in [0, 0.05) is 16.8 Å². The van der Waals surface area contributed by atoms with Gasteiger partial charge >= 0.3 is 0 Å². The van der Waals surface area contributed by atoms with Crippen LogP contribution < -0.4 is 11.1 Å². The number of nitrogens with two attached hydrogens (primary N) is 1. The largest absolute Gasteiger partial charge is 0.383 e. The molecule has 1 unspecified atom stereocenters. The summed E-state index contributed by atoms with van der Waals surface area (Å²) in [6.07, 6.45) is 1.69. The zero-order valence-corrected chi connectivity index (χ0v) is 11.0. The highest BCUT2D eigenvalue weighted by atomic mass is 35.5. The molecule has 3 nitrogen and oxygen atoms in total. The van der Waals surface area contributed by atoms with Crippen LogP contribution in [0.3, 0.4) is 0 Å². The molecule has 1 heterocycles. The number of aromatic nitrogens is 1. The topological polar surface area (TPSA) is 50.9 Å². The second-order valence-corrected chi connectivity index (χ2v) is 4.46. The molecule has 1 atom stereocenters. The Morgan fingerprint density at radius 1 is 1.33 bits per heavy atom. The van der Waals surface area contributed by atoms with Crippen LogP contribution in [0.5, 0.6) is 0 Å². The number of anilines is 1.